The molecule has 0 bridgehead atoms. The predicted molar refractivity (Wildman–Crippen MR) is 58.9 cm³/mol. The normalized spacial score (nSPS) is 18.3. The van der Waals surface area contributed by atoms with Crippen molar-refractivity contribution in [2.24, 2.45) is 0 Å². The number of hydrogen-bond donors (Lipinski definition) is 0. The van der Waals surface area contributed by atoms with Gasteiger partial charge in [-0.15, -0.1) is 0 Å². The van der Waals surface area contributed by atoms with E-state index in [0.717, 1.165) is 45.6 Å². The Bertz CT molecular complexity index is 240. The lowest BCUT2D eigenvalue weighted by Gasteiger charge is -2.31. The molecule has 0 aromatic carbocycles. The standard InChI is InChI=1S/C11H18N4/c1-13-11-15-9-7-14(8-10-15)6-4-2-3-5-12/h2-4,6-11H2. The zero-order valence-corrected chi connectivity index (χ0v) is 9.15. The summed E-state index contributed by atoms with van der Waals surface area (Å²) in [5.74, 6) is 0. The van der Waals surface area contributed by atoms with Gasteiger partial charge in [-0.25, -0.2) is 11.5 Å². The monoisotopic (exact) mass is 206 g/mol. The number of nitrogens with zero attached hydrogens (tertiary/aromatic N) is 4. The smallest absolute Gasteiger partial charge is 0.270 e. The second kappa shape index (κ2) is 7.23. The van der Waals surface area contributed by atoms with Crippen LogP contribution in [0.25, 0.3) is 4.85 Å². The molecule has 0 saturated carbocycles. The average molecular weight is 206 g/mol. The number of hydrogen-bond acceptors (Lipinski definition) is 3. The molecule has 0 N–H and O–H groups in total. The Labute approximate surface area is 91.9 Å². The molecule has 0 aromatic heterocycles. The van der Waals surface area contributed by atoms with Gasteiger partial charge in [-0.2, -0.15) is 5.26 Å². The molecule has 82 valence electrons. The lowest BCUT2D eigenvalue weighted by atomic mass is 10.2. The second-order valence-corrected chi connectivity index (χ2v) is 3.87. The molecule has 4 nitrogen and oxygen atoms in total. The van der Waals surface area contributed by atoms with Crippen molar-refractivity contribution < 1.29 is 0 Å². The molecule has 0 spiro atoms. The average Bonchev–Trinajstić information content (AvgIpc) is 2.27. The van der Waals surface area contributed by atoms with Gasteiger partial charge < -0.3 is 4.90 Å². The van der Waals surface area contributed by atoms with Crippen LogP contribution in [0.2, 0.25) is 0 Å². The van der Waals surface area contributed by atoms with Crippen LogP contribution in [0.3, 0.4) is 0 Å². The van der Waals surface area contributed by atoms with E-state index >= 15 is 0 Å². The lowest BCUT2D eigenvalue weighted by molar-refractivity contribution is 0.140. The summed E-state index contributed by atoms with van der Waals surface area (Å²) in [6, 6.07) is 2.17. The highest BCUT2D eigenvalue weighted by Crippen LogP contribution is 2.04. The third-order valence-corrected chi connectivity index (χ3v) is 2.75. The van der Waals surface area contributed by atoms with E-state index in [0.29, 0.717) is 13.1 Å². The maximum atomic E-state index is 8.40. The van der Waals surface area contributed by atoms with Gasteiger partial charge in [-0.3, -0.25) is 4.85 Å². The first-order valence-corrected chi connectivity index (χ1v) is 5.51. The topological polar surface area (TPSA) is 34.6 Å². The van der Waals surface area contributed by atoms with Gasteiger partial charge in [-0.1, -0.05) is 0 Å². The van der Waals surface area contributed by atoms with Crippen LogP contribution >= 0.6 is 0 Å². The van der Waals surface area contributed by atoms with Crippen molar-refractivity contribution in [3.05, 3.63) is 11.4 Å². The molecular formula is C11H18N4. The minimum atomic E-state index is 0.544. The van der Waals surface area contributed by atoms with Crippen LogP contribution in [0, 0.1) is 17.9 Å². The Hall–Kier alpha value is -1.10. The van der Waals surface area contributed by atoms with E-state index in [1.807, 2.05) is 0 Å². The third kappa shape index (κ3) is 4.78. The molecule has 0 radical (unpaired) electrons. The third-order valence-electron chi connectivity index (χ3n) is 2.75. The van der Waals surface area contributed by atoms with Gasteiger partial charge in [0.15, 0.2) is 0 Å². The van der Waals surface area contributed by atoms with Crippen molar-refractivity contribution in [1.82, 2.24) is 9.80 Å². The SMILES string of the molecule is [C-]#[N+]CN1CCN(CCCCC#N)CC1. The van der Waals surface area contributed by atoms with E-state index in [1.54, 1.807) is 0 Å². The number of rotatable bonds is 5. The largest absolute Gasteiger partial charge is 0.301 e. The molecule has 1 rings (SSSR count). The summed E-state index contributed by atoms with van der Waals surface area (Å²) in [5.41, 5.74) is 0. The first-order chi connectivity index (χ1) is 7.36. The maximum absolute atomic E-state index is 8.40. The molecular weight excluding hydrogens is 188 g/mol. The minimum Gasteiger partial charge on any atom is -0.301 e. The number of piperazine rings is 1. The molecule has 0 unspecified atom stereocenters. The molecule has 1 aliphatic rings. The van der Waals surface area contributed by atoms with Crippen molar-refractivity contribution in [3.63, 3.8) is 0 Å². The van der Waals surface area contributed by atoms with E-state index in [-0.39, 0.29) is 0 Å². The Balaban J connectivity index is 2.05. The van der Waals surface area contributed by atoms with Crippen molar-refractivity contribution in [3.8, 4) is 6.07 Å². The van der Waals surface area contributed by atoms with Crippen molar-refractivity contribution in [2.75, 3.05) is 39.4 Å². The summed E-state index contributed by atoms with van der Waals surface area (Å²) < 4.78 is 0. The highest BCUT2D eigenvalue weighted by atomic mass is 15.3. The zero-order valence-electron chi connectivity index (χ0n) is 9.15. The van der Waals surface area contributed by atoms with Gasteiger partial charge in [0.25, 0.3) is 6.67 Å². The molecule has 4 heteroatoms. The first-order valence-electron chi connectivity index (χ1n) is 5.51. The van der Waals surface area contributed by atoms with Crippen LogP contribution in [0.5, 0.6) is 0 Å². The van der Waals surface area contributed by atoms with Crippen molar-refractivity contribution in [2.45, 2.75) is 19.3 Å². The molecule has 0 aliphatic carbocycles. The van der Waals surface area contributed by atoms with Crippen LogP contribution in [0.1, 0.15) is 19.3 Å². The van der Waals surface area contributed by atoms with Gasteiger partial charge in [0.05, 0.1) is 6.07 Å². The molecule has 0 amide bonds. The Kier molecular flexibility index (Phi) is 5.77. The van der Waals surface area contributed by atoms with Gasteiger partial charge in [0.1, 0.15) is 0 Å². The van der Waals surface area contributed by atoms with Gasteiger partial charge in [0, 0.05) is 32.6 Å². The summed E-state index contributed by atoms with van der Waals surface area (Å²) in [4.78, 5) is 8.01. The van der Waals surface area contributed by atoms with Gasteiger partial charge in [-0.05, 0) is 19.4 Å². The first kappa shape index (κ1) is 12.0. The zero-order chi connectivity index (χ0) is 10.9. The van der Waals surface area contributed by atoms with Crippen LogP contribution in [-0.2, 0) is 0 Å². The van der Waals surface area contributed by atoms with Crippen molar-refractivity contribution >= 4 is 0 Å². The number of unbranched alkanes of at least 4 members (excludes halogenated alkanes) is 2. The van der Waals surface area contributed by atoms with Crippen LogP contribution in [-0.4, -0.2) is 49.2 Å². The molecule has 1 saturated heterocycles. The molecule has 1 fully saturated rings. The van der Waals surface area contributed by atoms with Crippen LogP contribution in [0.15, 0.2) is 0 Å². The molecule has 15 heavy (non-hydrogen) atoms. The summed E-state index contributed by atoms with van der Waals surface area (Å²) in [7, 11) is 0. The van der Waals surface area contributed by atoms with Crippen molar-refractivity contribution in [1.29, 1.82) is 5.26 Å². The van der Waals surface area contributed by atoms with Gasteiger partial charge >= 0.3 is 0 Å². The van der Waals surface area contributed by atoms with E-state index in [1.165, 1.54) is 0 Å². The van der Waals surface area contributed by atoms with Crippen LogP contribution < -0.4 is 0 Å². The summed E-state index contributed by atoms with van der Waals surface area (Å²) >= 11 is 0. The number of nitriles is 1. The van der Waals surface area contributed by atoms with E-state index < -0.39 is 0 Å². The fraction of sp³-hybridized carbons (Fsp3) is 0.818. The van der Waals surface area contributed by atoms with E-state index in [4.69, 9.17) is 11.8 Å². The summed E-state index contributed by atoms with van der Waals surface area (Å²) in [6.45, 7) is 12.6. The van der Waals surface area contributed by atoms with Crippen LogP contribution in [0.4, 0.5) is 0 Å². The van der Waals surface area contributed by atoms with E-state index in [2.05, 4.69) is 20.7 Å². The summed E-state index contributed by atoms with van der Waals surface area (Å²) in [5, 5.41) is 8.40. The summed E-state index contributed by atoms with van der Waals surface area (Å²) in [6.07, 6.45) is 2.81. The minimum absolute atomic E-state index is 0.544. The Morgan fingerprint density at radius 2 is 1.80 bits per heavy atom. The second-order valence-electron chi connectivity index (χ2n) is 3.87. The molecule has 1 aliphatic heterocycles. The fourth-order valence-corrected chi connectivity index (χ4v) is 1.79. The Morgan fingerprint density at radius 1 is 1.13 bits per heavy atom. The maximum Gasteiger partial charge on any atom is 0.270 e. The van der Waals surface area contributed by atoms with Gasteiger partial charge in [0.2, 0.25) is 0 Å². The molecule has 0 aromatic rings. The highest BCUT2D eigenvalue weighted by Gasteiger charge is 2.16. The molecule has 1 heterocycles. The lowest BCUT2D eigenvalue weighted by Crippen LogP contribution is -2.46. The highest BCUT2D eigenvalue weighted by molar-refractivity contribution is 4.75. The van der Waals surface area contributed by atoms with E-state index in [9.17, 15) is 0 Å². The quantitative estimate of drug-likeness (QED) is 0.500. The Morgan fingerprint density at radius 3 is 2.40 bits per heavy atom. The predicted octanol–water partition coefficient (Wildman–Crippen LogP) is 1.17. The fourth-order valence-electron chi connectivity index (χ4n) is 1.79. The molecule has 0 atom stereocenters.